The molecule has 0 aliphatic rings. The van der Waals surface area contributed by atoms with Crippen LogP contribution in [-0.2, 0) is 9.53 Å². The molecule has 1 unspecified atom stereocenters. The van der Waals surface area contributed by atoms with Crippen molar-refractivity contribution in [3.8, 4) is 17.2 Å². The molecular formula is C31H52O6. The summed E-state index contributed by atoms with van der Waals surface area (Å²) in [7, 11) is 4.52. The van der Waals surface area contributed by atoms with Crippen molar-refractivity contribution in [1.29, 1.82) is 0 Å². The summed E-state index contributed by atoms with van der Waals surface area (Å²) < 4.78 is 21.3. The van der Waals surface area contributed by atoms with Gasteiger partial charge < -0.3 is 18.9 Å². The molecular weight excluding hydrogens is 468 g/mol. The molecule has 0 heterocycles. The van der Waals surface area contributed by atoms with Gasteiger partial charge in [0.25, 0.3) is 0 Å². The Morgan fingerprint density at radius 3 is 1.46 bits per heavy atom. The first-order valence-electron chi connectivity index (χ1n) is 14.5. The van der Waals surface area contributed by atoms with Crippen molar-refractivity contribution in [3.63, 3.8) is 0 Å². The number of benzene rings is 1. The quantitative estimate of drug-likeness (QED) is 0.0625. The van der Waals surface area contributed by atoms with Crippen LogP contribution in [0.3, 0.4) is 0 Å². The standard InChI is InChI=1S/C31H52O6/c1-6-8-9-10-11-12-13-14-15-16-17-18-19-20-21-22-26(31(33)37-7-2)29(32)25-23-27(34-3)30(36-5)28(24-25)35-4/h23-24,26H,6-22H2,1-5H3. The van der Waals surface area contributed by atoms with Crippen molar-refractivity contribution in [3.05, 3.63) is 17.7 Å². The number of hydrogen-bond donors (Lipinski definition) is 0. The number of carbonyl (C=O) groups excluding carboxylic acids is 2. The van der Waals surface area contributed by atoms with Gasteiger partial charge in [-0.15, -0.1) is 0 Å². The molecule has 0 amide bonds. The van der Waals surface area contributed by atoms with E-state index in [4.69, 9.17) is 18.9 Å². The minimum atomic E-state index is -0.829. The summed E-state index contributed by atoms with van der Waals surface area (Å²) >= 11 is 0. The minimum absolute atomic E-state index is 0.247. The molecule has 0 fully saturated rings. The van der Waals surface area contributed by atoms with Crippen LogP contribution in [0.2, 0.25) is 0 Å². The second-order valence-corrected chi connectivity index (χ2v) is 9.82. The number of methoxy groups -OCH3 is 3. The largest absolute Gasteiger partial charge is 0.493 e. The average Bonchev–Trinajstić information content (AvgIpc) is 2.91. The molecule has 0 aromatic heterocycles. The zero-order valence-corrected chi connectivity index (χ0v) is 24.2. The predicted molar refractivity (Wildman–Crippen MR) is 150 cm³/mol. The van der Waals surface area contributed by atoms with Gasteiger partial charge in [0, 0.05) is 5.56 Å². The number of ether oxygens (including phenoxy) is 4. The van der Waals surface area contributed by atoms with Gasteiger partial charge >= 0.3 is 5.97 Å². The van der Waals surface area contributed by atoms with Crippen LogP contribution in [-0.4, -0.2) is 39.7 Å². The van der Waals surface area contributed by atoms with Crippen LogP contribution in [0.4, 0.5) is 0 Å². The topological polar surface area (TPSA) is 71.1 Å². The van der Waals surface area contributed by atoms with Gasteiger partial charge in [0.2, 0.25) is 5.75 Å². The predicted octanol–water partition coefficient (Wildman–Crippen LogP) is 8.34. The first-order valence-corrected chi connectivity index (χ1v) is 14.5. The van der Waals surface area contributed by atoms with Crippen molar-refractivity contribution in [1.82, 2.24) is 0 Å². The van der Waals surface area contributed by atoms with Gasteiger partial charge in [-0.2, -0.15) is 0 Å². The zero-order chi connectivity index (χ0) is 27.3. The third-order valence-corrected chi connectivity index (χ3v) is 6.93. The highest BCUT2D eigenvalue weighted by Crippen LogP contribution is 2.39. The van der Waals surface area contributed by atoms with Gasteiger partial charge in [0.15, 0.2) is 17.3 Å². The van der Waals surface area contributed by atoms with Gasteiger partial charge in [-0.05, 0) is 25.5 Å². The summed E-state index contributed by atoms with van der Waals surface area (Å²) in [5, 5.41) is 0. The number of esters is 1. The summed E-state index contributed by atoms with van der Waals surface area (Å²) in [6, 6.07) is 3.20. The van der Waals surface area contributed by atoms with Crippen LogP contribution in [0.15, 0.2) is 12.1 Å². The Hall–Kier alpha value is -2.24. The molecule has 0 radical (unpaired) electrons. The SMILES string of the molecule is CCCCCCCCCCCCCCCCCC(C(=O)OCC)C(=O)c1cc(OC)c(OC)c(OC)c1. The molecule has 0 aliphatic heterocycles. The maximum atomic E-state index is 13.3. The lowest BCUT2D eigenvalue weighted by molar-refractivity contribution is -0.146. The van der Waals surface area contributed by atoms with Gasteiger partial charge in [0.1, 0.15) is 5.92 Å². The van der Waals surface area contributed by atoms with Crippen LogP contribution in [0.25, 0.3) is 0 Å². The molecule has 0 saturated carbocycles. The zero-order valence-electron chi connectivity index (χ0n) is 24.2. The van der Waals surface area contributed by atoms with Crippen LogP contribution in [0.5, 0.6) is 17.2 Å². The van der Waals surface area contributed by atoms with E-state index in [2.05, 4.69) is 6.92 Å². The van der Waals surface area contributed by atoms with E-state index in [0.29, 0.717) is 29.2 Å². The van der Waals surface area contributed by atoms with Gasteiger partial charge in [-0.1, -0.05) is 103 Å². The van der Waals surface area contributed by atoms with Crippen LogP contribution in [0.1, 0.15) is 127 Å². The van der Waals surface area contributed by atoms with Gasteiger partial charge in [-0.25, -0.2) is 0 Å². The van der Waals surface area contributed by atoms with Crippen molar-refractivity contribution in [2.24, 2.45) is 5.92 Å². The second kappa shape index (κ2) is 20.8. The Bertz CT molecular complexity index is 735. The molecule has 212 valence electrons. The molecule has 6 heteroatoms. The van der Waals surface area contributed by atoms with Crippen LogP contribution in [0, 0.1) is 5.92 Å². The third-order valence-electron chi connectivity index (χ3n) is 6.93. The smallest absolute Gasteiger partial charge is 0.316 e. The van der Waals surface area contributed by atoms with Gasteiger partial charge in [0.05, 0.1) is 27.9 Å². The molecule has 0 spiro atoms. The first-order chi connectivity index (χ1) is 18.0. The summed E-state index contributed by atoms with van der Waals surface area (Å²) in [5.74, 6) is -0.379. The van der Waals surface area contributed by atoms with Crippen LogP contribution < -0.4 is 14.2 Å². The average molecular weight is 521 g/mol. The molecule has 0 saturated heterocycles. The summed E-state index contributed by atoms with van der Waals surface area (Å²) in [6.07, 6.45) is 19.6. The third kappa shape index (κ3) is 12.7. The lowest BCUT2D eigenvalue weighted by Crippen LogP contribution is -2.26. The van der Waals surface area contributed by atoms with E-state index < -0.39 is 11.9 Å². The monoisotopic (exact) mass is 520 g/mol. The van der Waals surface area contributed by atoms with E-state index in [9.17, 15) is 9.59 Å². The maximum absolute atomic E-state index is 13.3. The molecule has 37 heavy (non-hydrogen) atoms. The lowest BCUT2D eigenvalue weighted by Gasteiger charge is -2.17. The lowest BCUT2D eigenvalue weighted by atomic mass is 9.91. The molecule has 1 rings (SSSR count). The first kappa shape index (κ1) is 32.8. The Kier molecular flexibility index (Phi) is 18.4. The Labute approximate surface area is 225 Å². The van der Waals surface area contributed by atoms with Crippen molar-refractivity contribution < 1.29 is 28.5 Å². The number of Topliss-reactive ketones (excluding diaryl/α,β-unsaturated/α-hetero) is 1. The van der Waals surface area contributed by atoms with E-state index in [-0.39, 0.29) is 12.4 Å². The number of hydrogen-bond acceptors (Lipinski definition) is 6. The molecule has 6 nitrogen and oxygen atoms in total. The van der Waals surface area contributed by atoms with Gasteiger partial charge in [-0.3, -0.25) is 9.59 Å². The number of unbranched alkanes of at least 4 members (excludes halogenated alkanes) is 14. The number of ketones is 1. The van der Waals surface area contributed by atoms with E-state index in [1.54, 1.807) is 19.1 Å². The highest BCUT2D eigenvalue weighted by Gasteiger charge is 2.30. The minimum Gasteiger partial charge on any atom is -0.493 e. The summed E-state index contributed by atoms with van der Waals surface area (Å²) in [5.41, 5.74) is 0.355. The fraction of sp³-hybridized carbons (Fsp3) is 0.742. The maximum Gasteiger partial charge on any atom is 0.316 e. The normalized spacial score (nSPS) is 11.7. The van der Waals surface area contributed by atoms with Crippen molar-refractivity contribution >= 4 is 11.8 Å². The fourth-order valence-corrected chi connectivity index (χ4v) is 4.74. The Morgan fingerprint density at radius 1 is 0.649 bits per heavy atom. The number of rotatable bonds is 23. The molecule has 1 aromatic rings. The van der Waals surface area contributed by atoms with Crippen molar-refractivity contribution in [2.75, 3.05) is 27.9 Å². The van der Waals surface area contributed by atoms with E-state index in [1.165, 1.54) is 98.4 Å². The Morgan fingerprint density at radius 2 is 1.08 bits per heavy atom. The van der Waals surface area contributed by atoms with Crippen molar-refractivity contribution in [2.45, 2.75) is 117 Å². The molecule has 1 atom stereocenters. The number of carbonyl (C=O) groups is 2. The van der Waals surface area contributed by atoms with Crippen LogP contribution >= 0.6 is 0 Å². The molecule has 0 bridgehead atoms. The molecule has 1 aromatic carbocycles. The van der Waals surface area contributed by atoms with E-state index in [0.717, 1.165) is 19.3 Å². The molecule has 0 N–H and O–H groups in total. The van der Waals surface area contributed by atoms with E-state index in [1.807, 2.05) is 0 Å². The highest BCUT2D eigenvalue weighted by molar-refractivity contribution is 6.09. The summed E-state index contributed by atoms with van der Waals surface area (Å²) in [4.78, 5) is 26.0. The second-order valence-electron chi connectivity index (χ2n) is 9.82. The highest BCUT2D eigenvalue weighted by atomic mass is 16.5. The van der Waals surface area contributed by atoms with E-state index >= 15 is 0 Å². The molecule has 0 aliphatic carbocycles. The fourth-order valence-electron chi connectivity index (χ4n) is 4.74. The Balaban J connectivity index is 2.42. The summed E-state index contributed by atoms with van der Waals surface area (Å²) in [6.45, 7) is 4.27.